The molecule has 1 nitrogen and oxygen atoms in total. The number of rotatable bonds is 5. The van der Waals surface area contributed by atoms with Gasteiger partial charge in [-0.1, -0.05) is 18.1 Å². The third-order valence-electron chi connectivity index (χ3n) is 1.94. The van der Waals surface area contributed by atoms with E-state index in [1.807, 2.05) is 6.92 Å². The molecule has 1 atom stereocenters. The Morgan fingerprint density at radius 3 is 2.55 bits per heavy atom. The molecule has 0 saturated carbocycles. The Kier molecular flexibility index (Phi) is 6.24. The molecule has 0 aliphatic rings. The van der Waals surface area contributed by atoms with E-state index in [1.54, 1.807) is 0 Å². The molecule has 0 radical (unpaired) electrons. The van der Waals surface area contributed by atoms with E-state index >= 15 is 0 Å². The van der Waals surface area contributed by atoms with Gasteiger partial charge in [0.2, 0.25) is 0 Å². The van der Waals surface area contributed by atoms with E-state index in [9.17, 15) is 0 Å². The van der Waals surface area contributed by atoms with E-state index in [1.165, 1.54) is 18.4 Å². The molecule has 1 heteroatoms. The Morgan fingerprint density at radius 2 is 2.09 bits per heavy atom. The second kappa shape index (κ2) is 6.41. The van der Waals surface area contributed by atoms with Crippen molar-refractivity contribution in [1.29, 1.82) is 0 Å². The maximum Gasteiger partial charge on any atom is 0.0512 e. The van der Waals surface area contributed by atoms with E-state index in [0.29, 0.717) is 0 Å². The second-order valence-electron chi connectivity index (χ2n) is 3.23. The Hall–Kier alpha value is -0.300. The minimum Gasteiger partial charge on any atom is -0.393 e. The van der Waals surface area contributed by atoms with Gasteiger partial charge in [-0.2, -0.15) is 0 Å². The van der Waals surface area contributed by atoms with Crippen molar-refractivity contribution in [3.8, 4) is 0 Å². The average Bonchev–Trinajstić information content (AvgIpc) is 1.97. The van der Waals surface area contributed by atoms with Crippen molar-refractivity contribution >= 4 is 0 Å². The predicted octanol–water partition coefficient (Wildman–Crippen LogP) is 2.89. The largest absolute Gasteiger partial charge is 0.393 e. The van der Waals surface area contributed by atoms with Crippen molar-refractivity contribution in [1.82, 2.24) is 0 Å². The van der Waals surface area contributed by atoms with Crippen LogP contribution in [0.5, 0.6) is 0 Å². The number of allylic oxidation sites excluding steroid dienone is 2. The summed E-state index contributed by atoms with van der Waals surface area (Å²) in [5.74, 6) is 0. The maximum absolute atomic E-state index is 8.96. The summed E-state index contributed by atoms with van der Waals surface area (Å²) in [7, 11) is 0. The molecule has 0 heterocycles. The van der Waals surface area contributed by atoms with E-state index < -0.39 is 0 Å². The zero-order valence-corrected chi connectivity index (χ0v) is 7.93. The zero-order chi connectivity index (χ0) is 8.69. The highest BCUT2D eigenvalue weighted by Gasteiger charge is 1.95. The van der Waals surface area contributed by atoms with Crippen LogP contribution in [0.25, 0.3) is 0 Å². The fourth-order valence-electron chi connectivity index (χ4n) is 0.988. The maximum atomic E-state index is 8.96. The van der Waals surface area contributed by atoms with Crippen LogP contribution in [0.2, 0.25) is 0 Å². The van der Waals surface area contributed by atoms with Gasteiger partial charge in [-0.3, -0.25) is 0 Å². The van der Waals surface area contributed by atoms with Crippen LogP contribution in [0.15, 0.2) is 11.6 Å². The number of unbranched alkanes of at least 4 members (excludes halogenated alkanes) is 1. The summed E-state index contributed by atoms with van der Waals surface area (Å²) in [6.07, 6.45) is 6.51. The van der Waals surface area contributed by atoms with Crippen LogP contribution in [0.3, 0.4) is 0 Å². The lowest BCUT2D eigenvalue weighted by atomic mass is 10.1. The van der Waals surface area contributed by atoms with E-state index in [0.717, 1.165) is 12.8 Å². The first-order valence-electron chi connectivity index (χ1n) is 4.46. The van der Waals surface area contributed by atoms with Gasteiger partial charge >= 0.3 is 0 Å². The zero-order valence-electron chi connectivity index (χ0n) is 7.93. The standard InChI is InChI=1S/C10H20O/c1-4-9(2)7-5-6-8-10(3)11/h4,10-11H,5-8H2,1-3H3. The third-order valence-corrected chi connectivity index (χ3v) is 1.94. The minimum atomic E-state index is -0.124. The van der Waals surface area contributed by atoms with Gasteiger partial charge in [-0.15, -0.1) is 0 Å². The monoisotopic (exact) mass is 156 g/mol. The van der Waals surface area contributed by atoms with Gasteiger partial charge in [0.15, 0.2) is 0 Å². The van der Waals surface area contributed by atoms with Crippen molar-refractivity contribution < 1.29 is 5.11 Å². The summed E-state index contributed by atoms with van der Waals surface area (Å²) >= 11 is 0. The van der Waals surface area contributed by atoms with E-state index in [4.69, 9.17) is 5.11 Å². The van der Waals surface area contributed by atoms with Crippen molar-refractivity contribution in [2.45, 2.75) is 52.6 Å². The smallest absolute Gasteiger partial charge is 0.0512 e. The SMILES string of the molecule is CC=C(C)CCCCC(C)O. The molecular formula is C10H20O. The molecular weight excluding hydrogens is 136 g/mol. The highest BCUT2D eigenvalue weighted by Crippen LogP contribution is 2.08. The van der Waals surface area contributed by atoms with E-state index in [2.05, 4.69) is 19.9 Å². The Bertz CT molecular complexity index is 114. The van der Waals surface area contributed by atoms with Gasteiger partial charge in [0.25, 0.3) is 0 Å². The van der Waals surface area contributed by atoms with Crippen molar-refractivity contribution in [3.05, 3.63) is 11.6 Å². The number of hydrogen-bond donors (Lipinski definition) is 1. The number of hydrogen-bond acceptors (Lipinski definition) is 1. The third kappa shape index (κ3) is 7.60. The van der Waals surface area contributed by atoms with Gasteiger partial charge in [-0.25, -0.2) is 0 Å². The molecule has 0 bridgehead atoms. The van der Waals surface area contributed by atoms with Crippen molar-refractivity contribution in [3.63, 3.8) is 0 Å². The number of aliphatic hydroxyl groups excluding tert-OH is 1. The first kappa shape index (κ1) is 10.7. The molecule has 0 rings (SSSR count). The van der Waals surface area contributed by atoms with Crippen molar-refractivity contribution in [2.75, 3.05) is 0 Å². The van der Waals surface area contributed by atoms with Gasteiger partial charge in [0.05, 0.1) is 6.10 Å². The molecule has 66 valence electrons. The predicted molar refractivity (Wildman–Crippen MR) is 49.6 cm³/mol. The number of aliphatic hydroxyl groups is 1. The molecule has 1 unspecified atom stereocenters. The van der Waals surface area contributed by atoms with E-state index in [-0.39, 0.29) is 6.10 Å². The molecule has 0 aliphatic heterocycles. The fourth-order valence-corrected chi connectivity index (χ4v) is 0.988. The van der Waals surface area contributed by atoms with Gasteiger partial charge in [0.1, 0.15) is 0 Å². The first-order valence-corrected chi connectivity index (χ1v) is 4.46. The second-order valence-corrected chi connectivity index (χ2v) is 3.23. The Balaban J connectivity index is 3.15. The van der Waals surface area contributed by atoms with Crippen LogP contribution in [-0.2, 0) is 0 Å². The first-order chi connectivity index (χ1) is 5.16. The summed E-state index contributed by atoms with van der Waals surface area (Å²) in [5.41, 5.74) is 1.45. The van der Waals surface area contributed by atoms with Crippen LogP contribution in [0.1, 0.15) is 46.5 Å². The normalized spacial score (nSPS) is 15.1. The lowest BCUT2D eigenvalue weighted by molar-refractivity contribution is 0.180. The van der Waals surface area contributed by atoms with Crippen molar-refractivity contribution in [2.24, 2.45) is 0 Å². The molecule has 1 N–H and O–H groups in total. The summed E-state index contributed by atoms with van der Waals surface area (Å²) in [6, 6.07) is 0. The van der Waals surface area contributed by atoms with Crippen LogP contribution < -0.4 is 0 Å². The Labute approximate surface area is 70.1 Å². The van der Waals surface area contributed by atoms with Crippen LogP contribution in [0, 0.1) is 0 Å². The topological polar surface area (TPSA) is 20.2 Å². The van der Waals surface area contributed by atoms with Crippen LogP contribution >= 0.6 is 0 Å². The van der Waals surface area contributed by atoms with Gasteiger partial charge in [0, 0.05) is 0 Å². The lowest BCUT2D eigenvalue weighted by Gasteiger charge is -2.03. The molecule has 0 saturated heterocycles. The molecule has 0 aromatic heterocycles. The highest BCUT2D eigenvalue weighted by molar-refractivity contribution is 4.94. The minimum absolute atomic E-state index is 0.124. The lowest BCUT2D eigenvalue weighted by Crippen LogP contribution is -1.98. The average molecular weight is 156 g/mol. The quantitative estimate of drug-likeness (QED) is 0.479. The molecule has 0 aliphatic carbocycles. The molecule has 0 aromatic rings. The van der Waals surface area contributed by atoms with Gasteiger partial charge in [-0.05, 0) is 40.0 Å². The molecule has 0 fully saturated rings. The molecule has 0 amide bonds. The van der Waals surface area contributed by atoms with Crippen LogP contribution in [-0.4, -0.2) is 11.2 Å². The Morgan fingerprint density at radius 1 is 1.45 bits per heavy atom. The molecule has 11 heavy (non-hydrogen) atoms. The van der Waals surface area contributed by atoms with Crippen LogP contribution in [0.4, 0.5) is 0 Å². The highest BCUT2D eigenvalue weighted by atomic mass is 16.3. The summed E-state index contributed by atoms with van der Waals surface area (Å²) in [4.78, 5) is 0. The van der Waals surface area contributed by atoms with Gasteiger partial charge < -0.3 is 5.11 Å². The summed E-state index contributed by atoms with van der Waals surface area (Å²) < 4.78 is 0. The summed E-state index contributed by atoms with van der Waals surface area (Å²) in [6.45, 7) is 6.08. The molecule has 0 spiro atoms. The molecule has 0 aromatic carbocycles. The summed E-state index contributed by atoms with van der Waals surface area (Å²) in [5, 5.41) is 8.96. The fraction of sp³-hybridized carbons (Fsp3) is 0.800.